The summed E-state index contributed by atoms with van der Waals surface area (Å²) < 4.78 is 0. The Bertz CT molecular complexity index is 390. The van der Waals surface area contributed by atoms with Crippen LogP contribution in [0.5, 0.6) is 0 Å². The van der Waals surface area contributed by atoms with Gasteiger partial charge in [-0.15, -0.1) is 0 Å². The lowest BCUT2D eigenvalue weighted by molar-refractivity contribution is 0.173. The van der Waals surface area contributed by atoms with Gasteiger partial charge in [0.2, 0.25) is 0 Å². The summed E-state index contributed by atoms with van der Waals surface area (Å²) in [5, 5.41) is 10.2. The third kappa shape index (κ3) is 2.69. The first kappa shape index (κ1) is 13.4. The zero-order valence-electron chi connectivity index (χ0n) is 11.8. The van der Waals surface area contributed by atoms with E-state index in [-0.39, 0.29) is 6.10 Å². The quantitative estimate of drug-likeness (QED) is 0.879. The number of hydrogen-bond acceptors (Lipinski definition) is 2. The molecule has 1 saturated heterocycles. The van der Waals surface area contributed by atoms with Gasteiger partial charge >= 0.3 is 0 Å². The average Bonchev–Trinajstić information content (AvgIpc) is 2.40. The molecule has 1 aliphatic rings. The van der Waals surface area contributed by atoms with Crippen molar-refractivity contribution in [2.75, 3.05) is 11.4 Å². The molecule has 0 amide bonds. The summed E-state index contributed by atoms with van der Waals surface area (Å²) in [5.41, 5.74) is 2.31. The molecule has 0 saturated carbocycles. The van der Waals surface area contributed by atoms with Gasteiger partial charge in [-0.1, -0.05) is 32.0 Å². The van der Waals surface area contributed by atoms with Crippen LogP contribution in [0.1, 0.15) is 51.7 Å². The first-order valence-electron chi connectivity index (χ1n) is 7.17. The fourth-order valence-electron chi connectivity index (χ4n) is 2.88. The molecule has 0 aromatic heterocycles. The van der Waals surface area contributed by atoms with Crippen LogP contribution in [0.15, 0.2) is 24.3 Å². The van der Waals surface area contributed by atoms with Crippen molar-refractivity contribution in [3.63, 3.8) is 0 Å². The van der Waals surface area contributed by atoms with Crippen LogP contribution in [0.4, 0.5) is 5.69 Å². The predicted molar refractivity (Wildman–Crippen MR) is 76.9 cm³/mol. The lowest BCUT2D eigenvalue weighted by Gasteiger charge is -2.40. The molecule has 0 bridgehead atoms. The van der Waals surface area contributed by atoms with Crippen molar-refractivity contribution in [2.24, 2.45) is 5.92 Å². The number of nitrogens with zero attached hydrogens (tertiary/aromatic N) is 1. The van der Waals surface area contributed by atoms with Gasteiger partial charge in [0.15, 0.2) is 0 Å². The van der Waals surface area contributed by atoms with E-state index in [4.69, 9.17) is 0 Å². The number of para-hydroxylation sites is 1. The fraction of sp³-hybridized carbons (Fsp3) is 0.625. The lowest BCUT2D eigenvalue weighted by atomic mass is 9.93. The van der Waals surface area contributed by atoms with Crippen molar-refractivity contribution in [3.8, 4) is 0 Å². The van der Waals surface area contributed by atoms with E-state index in [1.807, 2.05) is 13.0 Å². The van der Waals surface area contributed by atoms with Crippen LogP contribution in [0.3, 0.4) is 0 Å². The van der Waals surface area contributed by atoms with E-state index in [1.165, 1.54) is 18.5 Å². The Balaban J connectivity index is 2.31. The molecule has 1 fully saturated rings. The van der Waals surface area contributed by atoms with Crippen molar-refractivity contribution in [3.05, 3.63) is 29.8 Å². The second kappa shape index (κ2) is 5.75. The molecule has 2 rings (SSSR count). The zero-order chi connectivity index (χ0) is 13.1. The Morgan fingerprint density at radius 3 is 2.72 bits per heavy atom. The summed E-state index contributed by atoms with van der Waals surface area (Å²) in [7, 11) is 0. The molecule has 2 heteroatoms. The second-order valence-corrected chi connectivity index (χ2v) is 5.67. The van der Waals surface area contributed by atoms with Crippen molar-refractivity contribution >= 4 is 5.69 Å². The Labute approximate surface area is 111 Å². The molecule has 2 unspecified atom stereocenters. The second-order valence-electron chi connectivity index (χ2n) is 5.67. The summed E-state index contributed by atoms with van der Waals surface area (Å²) in [6, 6.07) is 8.90. The molecule has 0 spiro atoms. The maximum absolute atomic E-state index is 10.2. The van der Waals surface area contributed by atoms with Gasteiger partial charge < -0.3 is 10.0 Å². The van der Waals surface area contributed by atoms with Crippen molar-refractivity contribution < 1.29 is 5.11 Å². The maximum Gasteiger partial charge on any atom is 0.0807 e. The summed E-state index contributed by atoms with van der Waals surface area (Å²) in [4.78, 5) is 2.47. The van der Waals surface area contributed by atoms with Crippen LogP contribution in [0.2, 0.25) is 0 Å². The highest BCUT2D eigenvalue weighted by atomic mass is 16.3. The Morgan fingerprint density at radius 2 is 2.00 bits per heavy atom. The molecule has 3 atom stereocenters. The van der Waals surface area contributed by atoms with Crippen molar-refractivity contribution in [1.82, 2.24) is 0 Å². The molecule has 18 heavy (non-hydrogen) atoms. The summed E-state index contributed by atoms with van der Waals surface area (Å²) in [6.45, 7) is 7.75. The third-order valence-electron chi connectivity index (χ3n) is 4.11. The highest BCUT2D eigenvalue weighted by molar-refractivity contribution is 5.55. The number of piperidine rings is 1. The maximum atomic E-state index is 10.2. The minimum Gasteiger partial charge on any atom is -0.388 e. The monoisotopic (exact) mass is 247 g/mol. The van der Waals surface area contributed by atoms with Crippen LogP contribution in [0.25, 0.3) is 0 Å². The van der Waals surface area contributed by atoms with E-state index in [9.17, 15) is 5.11 Å². The van der Waals surface area contributed by atoms with Gasteiger partial charge in [-0.2, -0.15) is 0 Å². The lowest BCUT2D eigenvalue weighted by Crippen LogP contribution is -2.41. The predicted octanol–water partition coefficient (Wildman–Crippen LogP) is 3.75. The van der Waals surface area contributed by atoms with Gasteiger partial charge in [-0.25, -0.2) is 0 Å². The number of aliphatic hydroxyl groups excluding tert-OH is 1. The van der Waals surface area contributed by atoms with Crippen LogP contribution in [-0.4, -0.2) is 17.7 Å². The molecule has 0 radical (unpaired) electrons. The molecule has 0 aliphatic carbocycles. The van der Waals surface area contributed by atoms with Gasteiger partial charge in [-0.05, 0) is 38.2 Å². The molecule has 1 heterocycles. The molecule has 1 aromatic rings. The smallest absolute Gasteiger partial charge is 0.0807 e. The first-order chi connectivity index (χ1) is 8.63. The van der Waals surface area contributed by atoms with E-state index < -0.39 is 0 Å². The molecule has 1 aliphatic heterocycles. The normalized spacial score (nSPS) is 26.1. The third-order valence-corrected chi connectivity index (χ3v) is 4.11. The van der Waals surface area contributed by atoms with E-state index in [2.05, 4.69) is 36.9 Å². The Kier molecular flexibility index (Phi) is 4.28. The van der Waals surface area contributed by atoms with Gasteiger partial charge in [0.25, 0.3) is 0 Å². The zero-order valence-corrected chi connectivity index (χ0v) is 11.8. The van der Waals surface area contributed by atoms with Crippen LogP contribution < -0.4 is 4.90 Å². The largest absolute Gasteiger partial charge is 0.388 e. The molecular formula is C16H25NO. The summed E-state index contributed by atoms with van der Waals surface area (Å²) in [5.74, 6) is 0.744. The number of benzene rings is 1. The first-order valence-corrected chi connectivity index (χ1v) is 7.17. The van der Waals surface area contributed by atoms with Crippen molar-refractivity contribution in [1.29, 1.82) is 0 Å². The number of hydrogen-bond donors (Lipinski definition) is 1. The molecule has 100 valence electrons. The Hall–Kier alpha value is -1.02. The van der Waals surface area contributed by atoms with Gasteiger partial charge in [0, 0.05) is 23.8 Å². The minimum absolute atomic E-state index is 0.342. The molecule has 1 N–H and O–H groups in total. The van der Waals surface area contributed by atoms with E-state index in [0.717, 1.165) is 24.4 Å². The van der Waals surface area contributed by atoms with E-state index in [0.29, 0.717) is 6.04 Å². The van der Waals surface area contributed by atoms with Gasteiger partial charge in [0.1, 0.15) is 0 Å². The van der Waals surface area contributed by atoms with Crippen LogP contribution >= 0.6 is 0 Å². The fourth-order valence-corrected chi connectivity index (χ4v) is 2.88. The highest BCUT2D eigenvalue weighted by Crippen LogP contribution is 2.33. The van der Waals surface area contributed by atoms with Crippen molar-refractivity contribution in [2.45, 2.75) is 52.2 Å². The van der Waals surface area contributed by atoms with E-state index in [1.54, 1.807) is 0 Å². The Morgan fingerprint density at radius 1 is 1.28 bits per heavy atom. The average molecular weight is 247 g/mol. The number of rotatable bonds is 3. The molecule has 2 nitrogen and oxygen atoms in total. The van der Waals surface area contributed by atoms with E-state index >= 15 is 0 Å². The standard InChI is InChI=1S/C16H25NO/c1-4-16(18)14-7-5-6-8-15(14)17-11-12(2)9-10-13(17)3/h5-8,12-13,16,18H,4,9-11H2,1-3H3/t12?,13?,16-/m0/s1. The number of anilines is 1. The molecular weight excluding hydrogens is 222 g/mol. The summed E-state index contributed by atoms with van der Waals surface area (Å²) >= 11 is 0. The SMILES string of the molecule is CC[C@H](O)c1ccccc1N1CC(C)CCC1C. The van der Waals surface area contributed by atoms with Crippen LogP contribution in [0, 0.1) is 5.92 Å². The van der Waals surface area contributed by atoms with Gasteiger partial charge in [-0.3, -0.25) is 0 Å². The topological polar surface area (TPSA) is 23.5 Å². The highest BCUT2D eigenvalue weighted by Gasteiger charge is 2.25. The number of aliphatic hydroxyl groups is 1. The minimum atomic E-state index is -0.342. The van der Waals surface area contributed by atoms with Gasteiger partial charge in [0.05, 0.1) is 6.10 Å². The van der Waals surface area contributed by atoms with Crippen LogP contribution in [-0.2, 0) is 0 Å². The summed E-state index contributed by atoms with van der Waals surface area (Å²) in [6.07, 6.45) is 2.99. The molecule has 1 aromatic carbocycles.